The lowest BCUT2D eigenvalue weighted by Crippen LogP contribution is -1.90. The lowest BCUT2D eigenvalue weighted by molar-refractivity contribution is 0.721. The molecule has 1 heterocycles. The highest BCUT2D eigenvalue weighted by Gasteiger charge is 2.26. The normalized spacial score (nSPS) is 19.0. The van der Waals surface area contributed by atoms with E-state index in [9.17, 15) is 0 Å². The molecule has 0 aliphatic heterocycles. The largest absolute Gasteiger partial charge is 0.133 e. The molecule has 0 spiro atoms. The molecule has 0 radical (unpaired) electrons. The van der Waals surface area contributed by atoms with E-state index >= 15 is 0 Å². The Kier molecular flexibility index (Phi) is 3.16. The zero-order valence-electron chi connectivity index (χ0n) is 7.52. The van der Waals surface area contributed by atoms with Gasteiger partial charge in [-0.3, -0.25) is 0 Å². The minimum atomic E-state index is 0.572. The summed E-state index contributed by atoms with van der Waals surface area (Å²) in [7, 11) is 0. The van der Waals surface area contributed by atoms with Crippen molar-refractivity contribution >= 4 is 43.2 Å². The van der Waals surface area contributed by atoms with Crippen LogP contribution in [0, 0.1) is 12.8 Å². The lowest BCUT2D eigenvalue weighted by Gasteiger charge is -2.07. The molecule has 1 saturated carbocycles. The van der Waals surface area contributed by atoms with E-state index in [2.05, 4.69) is 44.8 Å². The van der Waals surface area contributed by atoms with E-state index in [-0.39, 0.29) is 0 Å². The van der Waals surface area contributed by atoms with E-state index in [0.29, 0.717) is 4.83 Å². The van der Waals surface area contributed by atoms with Crippen LogP contribution in [-0.2, 0) is 0 Å². The van der Waals surface area contributed by atoms with Crippen molar-refractivity contribution in [3.63, 3.8) is 0 Å². The minimum Gasteiger partial charge on any atom is -0.133 e. The second-order valence-corrected chi connectivity index (χ2v) is 7.45. The van der Waals surface area contributed by atoms with Crippen molar-refractivity contribution in [2.45, 2.75) is 31.0 Å². The fourth-order valence-electron chi connectivity index (χ4n) is 1.54. The van der Waals surface area contributed by atoms with Crippen molar-refractivity contribution < 1.29 is 0 Å². The van der Waals surface area contributed by atoms with Crippen molar-refractivity contribution in [2.75, 3.05) is 0 Å². The summed E-state index contributed by atoms with van der Waals surface area (Å²) >= 11 is 9.14. The van der Waals surface area contributed by atoms with Crippen LogP contribution in [0.4, 0.5) is 0 Å². The molecule has 2 rings (SSSR count). The highest BCUT2D eigenvalue weighted by Crippen LogP contribution is 2.44. The first-order valence-corrected chi connectivity index (χ1v) is 7.09. The van der Waals surface area contributed by atoms with Crippen LogP contribution >= 0.6 is 43.2 Å². The number of halogens is 2. The molecule has 0 saturated heterocycles. The zero-order valence-corrected chi connectivity index (χ0v) is 11.5. The first-order valence-electron chi connectivity index (χ1n) is 4.56. The Labute approximate surface area is 100.0 Å². The standard InChI is InChI=1S/C10H12Br2S/c1-6-8(5-10(12)13-6)9(11)4-7-2-3-7/h5,7,9H,2-4H2,1H3. The van der Waals surface area contributed by atoms with Crippen LogP contribution in [-0.4, -0.2) is 0 Å². The van der Waals surface area contributed by atoms with Crippen LogP contribution in [0.25, 0.3) is 0 Å². The van der Waals surface area contributed by atoms with Crippen LogP contribution < -0.4 is 0 Å². The zero-order chi connectivity index (χ0) is 9.42. The van der Waals surface area contributed by atoms with E-state index in [1.165, 1.54) is 33.5 Å². The lowest BCUT2D eigenvalue weighted by atomic mass is 10.1. The Hall–Kier alpha value is 0.660. The SMILES string of the molecule is Cc1sc(Br)cc1C(Br)CC1CC1. The van der Waals surface area contributed by atoms with Gasteiger partial charge in [0.1, 0.15) is 0 Å². The molecule has 1 aromatic rings. The third-order valence-corrected chi connectivity index (χ3v) is 4.94. The quantitative estimate of drug-likeness (QED) is 0.682. The summed E-state index contributed by atoms with van der Waals surface area (Å²) in [6.07, 6.45) is 4.18. The molecule has 0 aromatic carbocycles. The molecule has 1 unspecified atom stereocenters. The molecule has 1 atom stereocenters. The molecule has 1 fully saturated rings. The first kappa shape index (κ1) is 10.2. The van der Waals surface area contributed by atoms with Gasteiger partial charge >= 0.3 is 0 Å². The minimum absolute atomic E-state index is 0.572. The van der Waals surface area contributed by atoms with Crippen molar-refractivity contribution in [2.24, 2.45) is 5.92 Å². The summed E-state index contributed by atoms with van der Waals surface area (Å²) in [4.78, 5) is 2.01. The average molecular weight is 324 g/mol. The molecular formula is C10H12Br2S. The monoisotopic (exact) mass is 322 g/mol. The number of hydrogen-bond donors (Lipinski definition) is 0. The van der Waals surface area contributed by atoms with Crippen LogP contribution in [0.2, 0.25) is 0 Å². The molecule has 3 heteroatoms. The third kappa shape index (κ3) is 2.57. The average Bonchev–Trinajstić information content (AvgIpc) is 2.77. The molecule has 1 aliphatic rings. The van der Waals surface area contributed by atoms with Gasteiger partial charge in [0.25, 0.3) is 0 Å². The third-order valence-electron chi connectivity index (χ3n) is 2.50. The number of rotatable bonds is 3. The molecule has 0 N–H and O–H groups in total. The summed E-state index contributed by atoms with van der Waals surface area (Å²) in [5, 5.41) is 0. The fourth-order valence-corrected chi connectivity index (χ4v) is 4.47. The van der Waals surface area contributed by atoms with Gasteiger partial charge in [0.2, 0.25) is 0 Å². The van der Waals surface area contributed by atoms with E-state index in [1.807, 2.05) is 11.3 Å². The van der Waals surface area contributed by atoms with Crippen LogP contribution in [0.3, 0.4) is 0 Å². The maximum atomic E-state index is 3.78. The summed E-state index contributed by atoms with van der Waals surface area (Å²) in [5.74, 6) is 0.988. The van der Waals surface area contributed by atoms with Crippen LogP contribution in [0.1, 0.15) is 34.5 Å². The first-order chi connectivity index (χ1) is 6.16. The highest BCUT2D eigenvalue weighted by molar-refractivity contribution is 9.11. The number of hydrogen-bond acceptors (Lipinski definition) is 1. The van der Waals surface area contributed by atoms with Gasteiger partial charge in [-0.2, -0.15) is 0 Å². The molecule has 13 heavy (non-hydrogen) atoms. The van der Waals surface area contributed by atoms with Crippen molar-refractivity contribution in [3.8, 4) is 0 Å². The van der Waals surface area contributed by atoms with Gasteiger partial charge in [0, 0.05) is 9.70 Å². The Balaban J connectivity index is 2.08. The number of thiophene rings is 1. The maximum Gasteiger partial charge on any atom is 0.0704 e. The predicted octanol–water partition coefficient (Wildman–Crippen LogP) is 5.06. The van der Waals surface area contributed by atoms with Crippen molar-refractivity contribution in [1.82, 2.24) is 0 Å². The van der Waals surface area contributed by atoms with Crippen molar-refractivity contribution in [1.29, 1.82) is 0 Å². The smallest absolute Gasteiger partial charge is 0.0704 e. The topological polar surface area (TPSA) is 0 Å². The molecule has 0 amide bonds. The number of aryl methyl sites for hydroxylation is 1. The molecule has 0 nitrogen and oxygen atoms in total. The highest BCUT2D eigenvalue weighted by atomic mass is 79.9. The molecule has 1 aliphatic carbocycles. The van der Waals surface area contributed by atoms with E-state index in [0.717, 1.165) is 5.92 Å². The second-order valence-electron chi connectivity index (χ2n) is 3.71. The van der Waals surface area contributed by atoms with E-state index in [1.54, 1.807) is 0 Å². The van der Waals surface area contributed by atoms with Gasteiger partial charge in [-0.25, -0.2) is 0 Å². The second kappa shape index (κ2) is 4.03. The molecule has 1 aromatic heterocycles. The van der Waals surface area contributed by atoms with Gasteiger partial charge < -0.3 is 0 Å². The molecule has 72 valence electrons. The van der Waals surface area contributed by atoms with Crippen molar-refractivity contribution in [3.05, 3.63) is 20.3 Å². The fraction of sp³-hybridized carbons (Fsp3) is 0.600. The van der Waals surface area contributed by atoms with E-state index < -0.39 is 0 Å². The van der Waals surface area contributed by atoms with Gasteiger partial charge in [-0.1, -0.05) is 28.8 Å². The van der Waals surface area contributed by atoms with Gasteiger partial charge in [-0.15, -0.1) is 11.3 Å². The Morgan fingerprint density at radius 2 is 2.31 bits per heavy atom. The van der Waals surface area contributed by atoms with Gasteiger partial charge in [0.15, 0.2) is 0 Å². The Morgan fingerprint density at radius 3 is 2.77 bits per heavy atom. The predicted molar refractivity (Wildman–Crippen MR) is 65.8 cm³/mol. The van der Waals surface area contributed by atoms with E-state index in [4.69, 9.17) is 0 Å². The number of alkyl halides is 1. The Morgan fingerprint density at radius 1 is 1.62 bits per heavy atom. The molecule has 0 bridgehead atoms. The van der Waals surface area contributed by atoms with Gasteiger partial charge in [-0.05, 0) is 46.8 Å². The molecular weight excluding hydrogens is 312 g/mol. The van der Waals surface area contributed by atoms with Crippen LogP contribution in [0.15, 0.2) is 9.85 Å². The summed E-state index contributed by atoms with van der Waals surface area (Å²) in [6, 6.07) is 2.25. The summed E-state index contributed by atoms with van der Waals surface area (Å²) < 4.78 is 1.25. The summed E-state index contributed by atoms with van der Waals surface area (Å²) in [6.45, 7) is 2.20. The summed E-state index contributed by atoms with van der Waals surface area (Å²) in [5.41, 5.74) is 1.48. The van der Waals surface area contributed by atoms with Crippen LogP contribution in [0.5, 0.6) is 0 Å². The Bertz CT molecular complexity index is 302. The van der Waals surface area contributed by atoms with Gasteiger partial charge in [0.05, 0.1) is 3.79 Å². The maximum absolute atomic E-state index is 3.78.